The van der Waals surface area contributed by atoms with Gasteiger partial charge in [-0.15, -0.1) is 0 Å². The van der Waals surface area contributed by atoms with E-state index in [-0.39, 0.29) is 16.6 Å². The summed E-state index contributed by atoms with van der Waals surface area (Å²) in [7, 11) is -1.16. The van der Waals surface area contributed by atoms with Gasteiger partial charge in [-0.2, -0.15) is 0 Å². The molecule has 0 fully saturated rings. The highest BCUT2D eigenvalue weighted by Crippen LogP contribution is 2.17. The third-order valence-corrected chi connectivity index (χ3v) is 4.69. The lowest BCUT2D eigenvalue weighted by molar-refractivity contribution is 0.612. The Morgan fingerprint density at radius 2 is 1.90 bits per heavy atom. The fourth-order valence-electron chi connectivity index (χ4n) is 1.71. The fourth-order valence-corrected chi connectivity index (χ4v) is 2.51. The van der Waals surface area contributed by atoms with Crippen LogP contribution in [0.3, 0.4) is 0 Å². The third kappa shape index (κ3) is 3.98. The van der Waals surface area contributed by atoms with Crippen molar-refractivity contribution in [1.82, 2.24) is 14.3 Å². The van der Waals surface area contributed by atoms with Crippen LogP contribution in [-0.2, 0) is 11.0 Å². The van der Waals surface area contributed by atoms with Crippen LogP contribution >= 0.6 is 0 Å². The van der Waals surface area contributed by atoms with Crippen molar-refractivity contribution in [3.8, 4) is 5.69 Å². The van der Waals surface area contributed by atoms with Crippen molar-refractivity contribution in [2.75, 3.05) is 0 Å². The summed E-state index contributed by atoms with van der Waals surface area (Å²) in [6.45, 7) is 7.67. The predicted octanol–water partition coefficient (Wildman–Crippen LogP) is 3.12. The van der Waals surface area contributed by atoms with E-state index in [9.17, 15) is 8.60 Å². The molecule has 1 unspecified atom stereocenters. The van der Waals surface area contributed by atoms with Crippen LogP contribution in [-0.4, -0.2) is 18.5 Å². The maximum Gasteiger partial charge on any atom is 0.123 e. The molecule has 2 aromatic rings. The molecule has 1 N–H and O–H groups in total. The van der Waals surface area contributed by atoms with Crippen LogP contribution < -0.4 is 4.72 Å². The Morgan fingerprint density at radius 3 is 2.48 bits per heavy atom. The van der Waals surface area contributed by atoms with E-state index in [0.717, 1.165) is 11.4 Å². The van der Waals surface area contributed by atoms with Crippen molar-refractivity contribution in [2.45, 2.75) is 38.5 Å². The highest BCUT2D eigenvalue weighted by molar-refractivity contribution is 7.84. The molecule has 0 aliphatic heterocycles. The first-order chi connectivity index (χ1) is 9.77. The van der Waals surface area contributed by atoms with Gasteiger partial charge < -0.3 is 4.57 Å². The van der Waals surface area contributed by atoms with E-state index in [1.807, 2.05) is 38.5 Å². The molecular weight excluding hydrogens is 289 g/mol. The summed E-state index contributed by atoms with van der Waals surface area (Å²) in [5.74, 6) is -0.269. The number of rotatable bonds is 4. The zero-order valence-corrected chi connectivity index (χ0v) is 13.4. The first-order valence-electron chi connectivity index (χ1n) is 6.75. The molecule has 0 bridgehead atoms. The van der Waals surface area contributed by atoms with Crippen LogP contribution in [0.15, 0.2) is 36.8 Å². The number of halogens is 1. The maximum absolute atomic E-state index is 12.9. The molecule has 1 aromatic heterocycles. The van der Waals surface area contributed by atoms with Gasteiger partial charge in [0.05, 0.1) is 33.8 Å². The van der Waals surface area contributed by atoms with Gasteiger partial charge in [0.2, 0.25) is 0 Å². The Balaban J connectivity index is 2.12. The minimum absolute atomic E-state index is 0.133. The molecule has 21 heavy (non-hydrogen) atoms. The number of aromatic nitrogens is 2. The Bertz CT molecular complexity index is 631. The summed E-state index contributed by atoms with van der Waals surface area (Å²) in [6, 6.07) is 6.06. The van der Waals surface area contributed by atoms with Crippen molar-refractivity contribution in [1.29, 1.82) is 0 Å². The van der Waals surface area contributed by atoms with Crippen LogP contribution in [0.25, 0.3) is 5.69 Å². The van der Waals surface area contributed by atoms with Crippen molar-refractivity contribution >= 4 is 11.0 Å². The molecular formula is C15H20FN3OS. The molecule has 114 valence electrons. The van der Waals surface area contributed by atoms with E-state index < -0.39 is 11.0 Å². The summed E-state index contributed by atoms with van der Waals surface area (Å²) in [6.07, 6.45) is 3.52. The minimum atomic E-state index is -1.16. The summed E-state index contributed by atoms with van der Waals surface area (Å²) in [4.78, 5) is 4.32. The van der Waals surface area contributed by atoms with Gasteiger partial charge in [-0.05, 0) is 52.0 Å². The highest BCUT2D eigenvalue weighted by atomic mass is 32.2. The third-order valence-electron chi connectivity index (χ3n) is 3.01. The van der Waals surface area contributed by atoms with Gasteiger partial charge in [0, 0.05) is 11.9 Å². The number of hydrogen-bond donors (Lipinski definition) is 1. The Kier molecular flexibility index (Phi) is 4.58. The average molecular weight is 309 g/mol. The Morgan fingerprint density at radius 1 is 1.29 bits per heavy atom. The molecule has 2 atom stereocenters. The van der Waals surface area contributed by atoms with Gasteiger partial charge >= 0.3 is 0 Å². The first-order valence-corrected chi connectivity index (χ1v) is 7.90. The van der Waals surface area contributed by atoms with E-state index in [2.05, 4.69) is 9.71 Å². The molecule has 0 aliphatic rings. The number of nitrogens with one attached hydrogen (secondary N) is 1. The summed E-state index contributed by atoms with van der Waals surface area (Å²) >= 11 is 0. The van der Waals surface area contributed by atoms with Gasteiger partial charge in [0.25, 0.3) is 0 Å². The molecule has 1 aromatic carbocycles. The van der Waals surface area contributed by atoms with E-state index in [4.69, 9.17) is 0 Å². The zero-order valence-electron chi connectivity index (χ0n) is 12.6. The van der Waals surface area contributed by atoms with Gasteiger partial charge in [-0.3, -0.25) is 0 Å². The minimum Gasteiger partial charge on any atom is -0.306 e. The Labute approximate surface area is 127 Å². The van der Waals surface area contributed by atoms with E-state index >= 15 is 0 Å². The Hall–Kier alpha value is -1.53. The SMILES string of the molecule is C[C@H](NS(=O)C(C)(C)C)c1cn(-c2ccc(F)cc2)cn1. The van der Waals surface area contributed by atoms with Gasteiger partial charge in [0.15, 0.2) is 0 Å². The molecule has 0 spiro atoms. The second-order valence-electron chi connectivity index (χ2n) is 5.90. The van der Waals surface area contributed by atoms with E-state index in [1.165, 1.54) is 12.1 Å². The maximum atomic E-state index is 12.9. The van der Waals surface area contributed by atoms with Gasteiger partial charge in [0.1, 0.15) is 5.82 Å². The predicted molar refractivity (Wildman–Crippen MR) is 83.0 cm³/mol. The van der Waals surface area contributed by atoms with Crippen LogP contribution in [0.5, 0.6) is 0 Å². The van der Waals surface area contributed by atoms with Gasteiger partial charge in [-0.25, -0.2) is 18.3 Å². The average Bonchev–Trinajstić information content (AvgIpc) is 2.88. The normalized spacial score (nSPS) is 14.9. The number of hydrogen-bond acceptors (Lipinski definition) is 2. The zero-order chi connectivity index (χ0) is 15.6. The van der Waals surface area contributed by atoms with Crippen LogP contribution in [0, 0.1) is 5.82 Å². The lowest BCUT2D eigenvalue weighted by Crippen LogP contribution is -2.34. The summed E-state index contributed by atoms with van der Waals surface area (Å²) in [5, 5.41) is 0. The van der Waals surface area contributed by atoms with Crippen LogP contribution in [0.4, 0.5) is 4.39 Å². The smallest absolute Gasteiger partial charge is 0.123 e. The lowest BCUT2D eigenvalue weighted by Gasteiger charge is -2.21. The fraction of sp³-hybridized carbons (Fsp3) is 0.400. The van der Waals surface area contributed by atoms with Crippen molar-refractivity contribution < 1.29 is 8.60 Å². The number of nitrogens with zero attached hydrogens (tertiary/aromatic N) is 2. The summed E-state index contributed by atoms with van der Waals surface area (Å²) in [5.41, 5.74) is 1.62. The monoisotopic (exact) mass is 309 g/mol. The van der Waals surface area contributed by atoms with E-state index in [1.54, 1.807) is 18.5 Å². The number of imidazole rings is 1. The van der Waals surface area contributed by atoms with Crippen LogP contribution in [0.1, 0.15) is 39.4 Å². The molecule has 2 rings (SSSR count). The molecule has 0 amide bonds. The van der Waals surface area contributed by atoms with Crippen molar-refractivity contribution in [3.63, 3.8) is 0 Å². The summed E-state index contributed by atoms with van der Waals surface area (Å²) < 4.78 is 29.5. The lowest BCUT2D eigenvalue weighted by atomic mass is 10.3. The van der Waals surface area contributed by atoms with Crippen molar-refractivity contribution in [3.05, 3.63) is 48.3 Å². The second kappa shape index (κ2) is 6.07. The quantitative estimate of drug-likeness (QED) is 0.943. The second-order valence-corrected chi connectivity index (χ2v) is 7.90. The molecule has 0 saturated heterocycles. The molecule has 0 radical (unpaired) electrons. The molecule has 1 heterocycles. The molecule has 0 aliphatic carbocycles. The highest BCUT2D eigenvalue weighted by Gasteiger charge is 2.22. The number of benzene rings is 1. The topological polar surface area (TPSA) is 46.9 Å². The van der Waals surface area contributed by atoms with Crippen molar-refractivity contribution in [2.24, 2.45) is 0 Å². The molecule has 0 saturated carbocycles. The van der Waals surface area contributed by atoms with E-state index in [0.29, 0.717) is 0 Å². The van der Waals surface area contributed by atoms with Crippen LogP contribution in [0.2, 0.25) is 0 Å². The van der Waals surface area contributed by atoms with Gasteiger partial charge in [-0.1, -0.05) is 0 Å². The molecule has 4 nitrogen and oxygen atoms in total. The molecule has 6 heteroatoms. The standard InChI is InChI=1S/C15H20FN3OS/c1-11(18-21(20)15(2,3)4)14-9-19(10-17-14)13-7-5-12(16)6-8-13/h5-11,18H,1-4H3/t11-,21?/m0/s1. The first kappa shape index (κ1) is 15.9. The largest absolute Gasteiger partial charge is 0.306 e.